The van der Waals surface area contributed by atoms with E-state index in [0.717, 1.165) is 19.0 Å². The zero-order chi connectivity index (χ0) is 26.8. The third-order valence-corrected chi connectivity index (χ3v) is 7.66. The van der Waals surface area contributed by atoms with Gasteiger partial charge in [0.2, 0.25) is 6.79 Å². The van der Waals surface area contributed by atoms with Crippen LogP contribution in [0.2, 0.25) is 0 Å². The number of anilines is 1. The number of rotatable bonds is 5. The molecular weight excluding hydrogens is 486 g/mol. The third-order valence-electron chi connectivity index (χ3n) is 7.66. The quantitative estimate of drug-likeness (QED) is 0.636. The largest absolute Gasteiger partial charge is 0.491 e. The molecule has 0 bridgehead atoms. The normalized spacial score (nSPS) is 24.2. The standard InChI is InChI=1S/C29H37N3O6/c1-18-13-32(14-20-5-6-20)19(2)16-36-24-10-8-22(12-23(24)29(34)31(3)15-27(18)35-4)30-28(33)21-7-9-25-26(11-21)38-17-37-25/h7-12,18-20,27H,5-6,13-17H2,1-4H3,(H,30,33)/t18-,19-,27-/m1/s1. The molecule has 1 saturated carbocycles. The molecule has 0 spiro atoms. The SMILES string of the molecule is CO[C@@H]1CN(C)C(=O)c2cc(NC(=O)c3ccc4c(c3)OCO4)ccc2OC[C@@H](C)N(CC2CC2)C[C@H]1C. The number of hydrogen-bond donors (Lipinski definition) is 1. The molecule has 1 aliphatic carbocycles. The van der Waals surface area contributed by atoms with Crippen LogP contribution in [0.25, 0.3) is 0 Å². The predicted molar refractivity (Wildman–Crippen MR) is 143 cm³/mol. The first-order valence-corrected chi connectivity index (χ1v) is 13.3. The van der Waals surface area contributed by atoms with Crippen molar-refractivity contribution in [1.82, 2.24) is 9.80 Å². The van der Waals surface area contributed by atoms with Crippen LogP contribution in [0, 0.1) is 11.8 Å². The Morgan fingerprint density at radius 2 is 1.79 bits per heavy atom. The number of likely N-dealkylation sites (N-methyl/N-ethyl adjacent to an activating group) is 1. The lowest BCUT2D eigenvalue weighted by atomic mass is 10.0. The van der Waals surface area contributed by atoms with Crippen LogP contribution in [0.15, 0.2) is 36.4 Å². The highest BCUT2D eigenvalue weighted by Crippen LogP contribution is 2.34. The fourth-order valence-corrected chi connectivity index (χ4v) is 5.06. The van der Waals surface area contributed by atoms with Crippen molar-refractivity contribution in [1.29, 1.82) is 0 Å². The van der Waals surface area contributed by atoms with Gasteiger partial charge < -0.3 is 29.2 Å². The Balaban J connectivity index is 1.39. The van der Waals surface area contributed by atoms with Gasteiger partial charge in [-0.1, -0.05) is 6.92 Å². The van der Waals surface area contributed by atoms with Crippen molar-refractivity contribution in [2.24, 2.45) is 11.8 Å². The van der Waals surface area contributed by atoms with Crippen LogP contribution < -0.4 is 19.5 Å². The van der Waals surface area contributed by atoms with Crippen LogP contribution >= 0.6 is 0 Å². The molecule has 0 unspecified atom stereocenters. The Bertz CT molecular complexity index is 1180. The smallest absolute Gasteiger partial charge is 0.257 e. The van der Waals surface area contributed by atoms with Crippen LogP contribution in [0.5, 0.6) is 17.2 Å². The summed E-state index contributed by atoms with van der Waals surface area (Å²) in [5.74, 6) is 2.15. The van der Waals surface area contributed by atoms with E-state index in [0.29, 0.717) is 47.2 Å². The van der Waals surface area contributed by atoms with Crippen LogP contribution in [0.1, 0.15) is 47.4 Å². The molecule has 38 heavy (non-hydrogen) atoms. The van der Waals surface area contributed by atoms with E-state index in [-0.39, 0.29) is 36.7 Å². The Morgan fingerprint density at radius 1 is 1.03 bits per heavy atom. The topological polar surface area (TPSA) is 89.6 Å². The second-order valence-electron chi connectivity index (χ2n) is 10.7. The molecule has 9 nitrogen and oxygen atoms in total. The van der Waals surface area contributed by atoms with E-state index in [2.05, 4.69) is 24.1 Å². The van der Waals surface area contributed by atoms with E-state index in [1.54, 1.807) is 55.5 Å². The summed E-state index contributed by atoms with van der Waals surface area (Å²) in [6.07, 6.45) is 2.47. The highest BCUT2D eigenvalue weighted by Gasteiger charge is 2.32. The van der Waals surface area contributed by atoms with Gasteiger partial charge in [-0.15, -0.1) is 0 Å². The molecule has 0 aromatic heterocycles. The maximum Gasteiger partial charge on any atom is 0.257 e. The molecular formula is C29H37N3O6. The minimum atomic E-state index is -0.310. The van der Waals surface area contributed by atoms with Gasteiger partial charge in [0.15, 0.2) is 11.5 Å². The average molecular weight is 524 g/mol. The van der Waals surface area contributed by atoms with Gasteiger partial charge in [-0.25, -0.2) is 0 Å². The van der Waals surface area contributed by atoms with E-state index in [4.69, 9.17) is 18.9 Å². The van der Waals surface area contributed by atoms with Gasteiger partial charge in [-0.2, -0.15) is 0 Å². The first kappa shape index (κ1) is 26.3. The molecule has 9 heteroatoms. The van der Waals surface area contributed by atoms with E-state index in [1.807, 2.05) is 0 Å². The van der Waals surface area contributed by atoms with Crippen molar-refractivity contribution in [2.45, 2.75) is 38.8 Å². The van der Waals surface area contributed by atoms with E-state index in [1.165, 1.54) is 12.8 Å². The number of hydrogen-bond acceptors (Lipinski definition) is 7. The number of nitrogens with one attached hydrogen (secondary N) is 1. The Labute approximate surface area is 224 Å². The van der Waals surface area contributed by atoms with E-state index >= 15 is 0 Å². The van der Waals surface area contributed by atoms with Crippen LogP contribution in [-0.4, -0.2) is 81.0 Å². The fourth-order valence-electron chi connectivity index (χ4n) is 5.06. The molecule has 204 valence electrons. The monoisotopic (exact) mass is 523 g/mol. The minimum absolute atomic E-state index is 0.101. The molecule has 2 aliphatic heterocycles. The lowest BCUT2D eigenvalue weighted by molar-refractivity contribution is 0.00994. The second kappa shape index (κ2) is 11.2. The maximum atomic E-state index is 13.6. The zero-order valence-corrected chi connectivity index (χ0v) is 22.6. The van der Waals surface area contributed by atoms with Crippen molar-refractivity contribution in [3.63, 3.8) is 0 Å². The summed E-state index contributed by atoms with van der Waals surface area (Å²) < 4.78 is 22.8. The number of carbonyl (C=O) groups is 2. The van der Waals surface area contributed by atoms with Gasteiger partial charge in [0.1, 0.15) is 12.4 Å². The fraction of sp³-hybridized carbons (Fsp3) is 0.517. The second-order valence-corrected chi connectivity index (χ2v) is 10.7. The molecule has 2 amide bonds. The lowest BCUT2D eigenvalue weighted by Crippen LogP contribution is -2.47. The van der Waals surface area contributed by atoms with Crippen LogP contribution in [0.3, 0.4) is 0 Å². The zero-order valence-electron chi connectivity index (χ0n) is 22.6. The first-order valence-electron chi connectivity index (χ1n) is 13.3. The molecule has 1 fully saturated rings. The average Bonchev–Trinajstić information content (AvgIpc) is 3.61. The number of fused-ring (bicyclic) bond motifs is 2. The van der Waals surface area contributed by atoms with Crippen LogP contribution in [-0.2, 0) is 4.74 Å². The van der Waals surface area contributed by atoms with Crippen molar-refractivity contribution >= 4 is 17.5 Å². The van der Waals surface area contributed by atoms with Gasteiger partial charge in [0.25, 0.3) is 11.8 Å². The molecule has 3 aliphatic rings. The summed E-state index contributed by atoms with van der Waals surface area (Å²) in [7, 11) is 3.49. The molecule has 2 aromatic rings. The summed E-state index contributed by atoms with van der Waals surface area (Å²) in [5.41, 5.74) is 1.34. The molecule has 0 radical (unpaired) electrons. The number of ether oxygens (including phenoxy) is 4. The number of nitrogens with zero attached hydrogens (tertiary/aromatic N) is 2. The third kappa shape index (κ3) is 5.89. The van der Waals surface area contributed by atoms with Crippen molar-refractivity contribution in [2.75, 3.05) is 52.5 Å². The van der Waals surface area contributed by atoms with Crippen molar-refractivity contribution in [3.05, 3.63) is 47.5 Å². The molecule has 1 N–H and O–H groups in total. The highest BCUT2D eigenvalue weighted by atomic mass is 16.7. The first-order chi connectivity index (χ1) is 18.3. The van der Waals surface area contributed by atoms with Crippen LogP contribution in [0.4, 0.5) is 5.69 Å². The summed E-state index contributed by atoms with van der Waals surface area (Å²) in [5, 5.41) is 2.90. The minimum Gasteiger partial charge on any atom is -0.491 e. The summed E-state index contributed by atoms with van der Waals surface area (Å²) >= 11 is 0. The summed E-state index contributed by atoms with van der Waals surface area (Å²) in [4.78, 5) is 30.7. The number of carbonyl (C=O) groups excluding carboxylic acids is 2. The van der Waals surface area contributed by atoms with Gasteiger partial charge in [-0.05, 0) is 68.0 Å². The maximum absolute atomic E-state index is 13.6. The highest BCUT2D eigenvalue weighted by molar-refractivity contribution is 6.06. The Morgan fingerprint density at radius 3 is 2.55 bits per heavy atom. The van der Waals surface area contributed by atoms with E-state index < -0.39 is 0 Å². The van der Waals surface area contributed by atoms with Gasteiger partial charge >= 0.3 is 0 Å². The van der Waals surface area contributed by atoms with Gasteiger partial charge in [-0.3, -0.25) is 14.5 Å². The summed E-state index contributed by atoms with van der Waals surface area (Å²) in [6, 6.07) is 10.4. The Hall–Kier alpha value is -3.30. The number of amides is 2. The predicted octanol–water partition coefficient (Wildman–Crippen LogP) is 3.88. The molecule has 2 heterocycles. The number of benzene rings is 2. The van der Waals surface area contributed by atoms with Gasteiger partial charge in [0, 0.05) is 51.1 Å². The van der Waals surface area contributed by atoms with Gasteiger partial charge in [0.05, 0.1) is 11.7 Å². The molecule has 0 saturated heterocycles. The van der Waals surface area contributed by atoms with Crippen molar-refractivity contribution in [3.8, 4) is 17.2 Å². The molecule has 5 rings (SSSR count). The number of methoxy groups -OCH3 is 1. The molecule has 2 aromatic carbocycles. The summed E-state index contributed by atoms with van der Waals surface area (Å²) in [6.45, 7) is 7.36. The Kier molecular flexibility index (Phi) is 7.76. The van der Waals surface area contributed by atoms with E-state index in [9.17, 15) is 9.59 Å². The molecule has 3 atom stereocenters. The van der Waals surface area contributed by atoms with Crippen molar-refractivity contribution < 1.29 is 28.5 Å². The lowest BCUT2D eigenvalue weighted by Gasteiger charge is -2.36.